The number of halogens is 1. The standard InChI is InChI=1S/C13H19BrN2O/c1-17-13-4-2-3-12(13)16-8-9-7-10(15)5-6-11(9)14/h5-7,12-13,16H,2-4,8,15H2,1H3. The van der Waals surface area contributed by atoms with E-state index >= 15 is 0 Å². The summed E-state index contributed by atoms with van der Waals surface area (Å²) in [5.41, 5.74) is 7.80. The molecule has 1 aliphatic carbocycles. The first kappa shape index (κ1) is 12.9. The molecule has 3 nitrogen and oxygen atoms in total. The maximum Gasteiger partial charge on any atom is 0.0724 e. The summed E-state index contributed by atoms with van der Waals surface area (Å²) in [5, 5.41) is 3.56. The van der Waals surface area contributed by atoms with Gasteiger partial charge < -0.3 is 15.8 Å². The summed E-state index contributed by atoms with van der Waals surface area (Å²) in [7, 11) is 1.79. The number of anilines is 1. The van der Waals surface area contributed by atoms with Gasteiger partial charge in [-0.15, -0.1) is 0 Å². The second kappa shape index (κ2) is 5.85. The van der Waals surface area contributed by atoms with Crippen LogP contribution in [-0.2, 0) is 11.3 Å². The van der Waals surface area contributed by atoms with Crippen molar-refractivity contribution < 1.29 is 4.74 Å². The van der Waals surface area contributed by atoms with Gasteiger partial charge in [0.2, 0.25) is 0 Å². The zero-order valence-corrected chi connectivity index (χ0v) is 11.7. The molecule has 0 aromatic heterocycles. The molecule has 0 heterocycles. The van der Waals surface area contributed by atoms with Crippen molar-refractivity contribution in [1.82, 2.24) is 5.32 Å². The molecule has 1 saturated carbocycles. The Kier molecular flexibility index (Phi) is 4.42. The van der Waals surface area contributed by atoms with Crippen LogP contribution >= 0.6 is 15.9 Å². The fraction of sp³-hybridized carbons (Fsp3) is 0.538. The quantitative estimate of drug-likeness (QED) is 0.840. The van der Waals surface area contributed by atoms with Crippen LogP contribution < -0.4 is 11.1 Å². The molecule has 94 valence electrons. The third-order valence-electron chi connectivity index (χ3n) is 3.38. The summed E-state index contributed by atoms with van der Waals surface area (Å²) < 4.78 is 6.57. The Balaban J connectivity index is 1.95. The molecule has 1 aliphatic rings. The molecule has 0 amide bonds. The third kappa shape index (κ3) is 3.21. The van der Waals surface area contributed by atoms with Gasteiger partial charge in [-0.25, -0.2) is 0 Å². The molecular formula is C13H19BrN2O. The second-order valence-corrected chi connectivity index (χ2v) is 5.40. The van der Waals surface area contributed by atoms with Crippen molar-refractivity contribution in [2.24, 2.45) is 0 Å². The Morgan fingerprint density at radius 1 is 1.47 bits per heavy atom. The van der Waals surface area contributed by atoms with Gasteiger partial charge in [0.05, 0.1) is 6.10 Å². The molecule has 1 aromatic carbocycles. The highest BCUT2D eigenvalue weighted by atomic mass is 79.9. The lowest BCUT2D eigenvalue weighted by Gasteiger charge is -2.20. The molecule has 0 spiro atoms. The molecule has 1 aromatic rings. The van der Waals surface area contributed by atoms with Crippen molar-refractivity contribution in [3.05, 3.63) is 28.2 Å². The Labute approximate surface area is 111 Å². The minimum absolute atomic E-state index is 0.356. The number of nitrogens with two attached hydrogens (primary N) is 1. The molecule has 17 heavy (non-hydrogen) atoms. The largest absolute Gasteiger partial charge is 0.399 e. The normalized spacial score (nSPS) is 24.1. The number of methoxy groups -OCH3 is 1. The minimum atomic E-state index is 0.356. The zero-order valence-electron chi connectivity index (χ0n) is 10.1. The molecule has 1 fully saturated rings. The van der Waals surface area contributed by atoms with Crippen LogP contribution in [0.1, 0.15) is 24.8 Å². The van der Waals surface area contributed by atoms with Crippen molar-refractivity contribution in [1.29, 1.82) is 0 Å². The topological polar surface area (TPSA) is 47.3 Å². The van der Waals surface area contributed by atoms with E-state index in [0.29, 0.717) is 12.1 Å². The Morgan fingerprint density at radius 3 is 3.06 bits per heavy atom. The van der Waals surface area contributed by atoms with E-state index in [4.69, 9.17) is 10.5 Å². The average Bonchev–Trinajstić information content (AvgIpc) is 2.77. The highest BCUT2D eigenvalue weighted by Crippen LogP contribution is 2.23. The maximum atomic E-state index is 5.79. The van der Waals surface area contributed by atoms with E-state index in [-0.39, 0.29) is 0 Å². The van der Waals surface area contributed by atoms with Crippen LogP contribution in [0.5, 0.6) is 0 Å². The lowest BCUT2D eigenvalue weighted by Crippen LogP contribution is -2.36. The number of hydrogen-bond acceptors (Lipinski definition) is 3. The van der Waals surface area contributed by atoms with Crippen LogP contribution in [0.3, 0.4) is 0 Å². The maximum absolute atomic E-state index is 5.79. The fourth-order valence-corrected chi connectivity index (χ4v) is 2.80. The van der Waals surface area contributed by atoms with E-state index in [9.17, 15) is 0 Å². The van der Waals surface area contributed by atoms with Crippen molar-refractivity contribution in [2.45, 2.75) is 38.0 Å². The summed E-state index contributed by atoms with van der Waals surface area (Å²) in [6, 6.07) is 6.37. The van der Waals surface area contributed by atoms with Gasteiger partial charge in [0.1, 0.15) is 0 Å². The molecule has 3 N–H and O–H groups in total. The molecule has 2 atom stereocenters. The second-order valence-electron chi connectivity index (χ2n) is 4.54. The van der Waals surface area contributed by atoms with Gasteiger partial charge in [0.15, 0.2) is 0 Å². The van der Waals surface area contributed by atoms with Gasteiger partial charge in [-0.1, -0.05) is 15.9 Å². The van der Waals surface area contributed by atoms with E-state index in [1.54, 1.807) is 7.11 Å². The first-order valence-electron chi connectivity index (χ1n) is 6.01. The highest BCUT2D eigenvalue weighted by molar-refractivity contribution is 9.10. The van der Waals surface area contributed by atoms with Crippen molar-refractivity contribution in [3.63, 3.8) is 0 Å². The van der Waals surface area contributed by atoms with E-state index < -0.39 is 0 Å². The molecular weight excluding hydrogens is 280 g/mol. The number of rotatable bonds is 4. The van der Waals surface area contributed by atoms with Gasteiger partial charge in [-0.2, -0.15) is 0 Å². The molecule has 2 unspecified atom stereocenters. The summed E-state index contributed by atoms with van der Waals surface area (Å²) in [4.78, 5) is 0. The van der Waals surface area contributed by atoms with Crippen LogP contribution in [0, 0.1) is 0 Å². The van der Waals surface area contributed by atoms with E-state index in [2.05, 4.69) is 21.2 Å². The minimum Gasteiger partial charge on any atom is -0.399 e. The average molecular weight is 299 g/mol. The van der Waals surface area contributed by atoms with Gasteiger partial charge in [-0.05, 0) is 43.0 Å². The third-order valence-corrected chi connectivity index (χ3v) is 4.15. The van der Waals surface area contributed by atoms with Crippen LogP contribution in [0.15, 0.2) is 22.7 Å². The van der Waals surface area contributed by atoms with E-state index in [1.807, 2.05) is 18.2 Å². The molecule has 0 saturated heterocycles. The smallest absolute Gasteiger partial charge is 0.0724 e. The van der Waals surface area contributed by atoms with Gasteiger partial charge in [0.25, 0.3) is 0 Å². The zero-order chi connectivity index (χ0) is 12.3. The molecule has 0 bridgehead atoms. The monoisotopic (exact) mass is 298 g/mol. The molecule has 0 aliphatic heterocycles. The number of benzene rings is 1. The van der Waals surface area contributed by atoms with Crippen LogP contribution in [-0.4, -0.2) is 19.3 Å². The van der Waals surface area contributed by atoms with Crippen LogP contribution in [0.4, 0.5) is 5.69 Å². The number of ether oxygens (including phenoxy) is 1. The van der Waals surface area contributed by atoms with Crippen molar-refractivity contribution in [2.75, 3.05) is 12.8 Å². The summed E-state index contributed by atoms with van der Waals surface area (Å²) in [5.74, 6) is 0. The molecule has 0 radical (unpaired) electrons. The van der Waals surface area contributed by atoms with Gasteiger partial charge in [-0.3, -0.25) is 0 Å². The lowest BCUT2D eigenvalue weighted by molar-refractivity contribution is 0.0847. The molecule has 4 heteroatoms. The van der Waals surface area contributed by atoms with Gasteiger partial charge >= 0.3 is 0 Å². The van der Waals surface area contributed by atoms with Crippen LogP contribution in [0.25, 0.3) is 0 Å². The predicted octanol–water partition coefficient (Wildman–Crippen LogP) is 2.69. The summed E-state index contributed by atoms with van der Waals surface area (Å²) in [6.45, 7) is 0.830. The van der Waals surface area contributed by atoms with Crippen molar-refractivity contribution >= 4 is 21.6 Å². The number of nitrogen functional groups attached to an aromatic ring is 1. The summed E-state index contributed by atoms with van der Waals surface area (Å²) in [6.07, 6.45) is 3.95. The first-order valence-corrected chi connectivity index (χ1v) is 6.80. The van der Waals surface area contributed by atoms with Gasteiger partial charge in [0, 0.05) is 29.9 Å². The fourth-order valence-electron chi connectivity index (χ4n) is 2.41. The number of nitrogens with one attached hydrogen (secondary N) is 1. The first-order chi connectivity index (χ1) is 8.20. The predicted molar refractivity (Wildman–Crippen MR) is 73.8 cm³/mol. The molecule has 2 rings (SSSR count). The Bertz CT molecular complexity index is 384. The lowest BCUT2D eigenvalue weighted by atomic mass is 10.1. The summed E-state index contributed by atoms with van der Waals surface area (Å²) >= 11 is 3.55. The Hall–Kier alpha value is -0.580. The number of hydrogen-bond donors (Lipinski definition) is 2. The van der Waals surface area contributed by atoms with Crippen molar-refractivity contribution in [3.8, 4) is 0 Å². The van der Waals surface area contributed by atoms with E-state index in [0.717, 1.165) is 23.1 Å². The highest BCUT2D eigenvalue weighted by Gasteiger charge is 2.26. The SMILES string of the molecule is COC1CCCC1NCc1cc(N)ccc1Br. The van der Waals surface area contributed by atoms with Crippen LogP contribution in [0.2, 0.25) is 0 Å². The van der Waals surface area contributed by atoms with E-state index in [1.165, 1.54) is 18.4 Å². The Morgan fingerprint density at radius 2 is 2.29 bits per heavy atom.